The lowest BCUT2D eigenvalue weighted by Gasteiger charge is -2.42. The summed E-state index contributed by atoms with van der Waals surface area (Å²) in [5.41, 5.74) is 3.97. The molecule has 5 nitrogen and oxygen atoms in total. The number of nitrogens with zero attached hydrogens (tertiary/aromatic N) is 1. The summed E-state index contributed by atoms with van der Waals surface area (Å²) in [7, 11) is 0. The number of pyridine rings is 1. The molecule has 1 aliphatic rings. The van der Waals surface area contributed by atoms with Gasteiger partial charge in [0.1, 0.15) is 0 Å². The van der Waals surface area contributed by atoms with Gasteiger partial charge in [0.15, 0.2) is 0 Å². The van der Waals surface area contributed by atoms with E-state index in [0.29, 0.717) is 5.56 Å². The molecular weight excluding hydrogens is 342 g/mol. The van der Waals surface area contributed by atoms with E-state index in [0.717, 1.165) is 18.4 Å². The molecule has 1 heterocycles. The largest absolute Gasteiger partial charge is 0.478 e. The molecule has 1 aromatic carbocycles. The fraction of sp³-hybridized carbons (Fsp3) is 0.409. The highest BCUT2D eigenvalue weighted by Gasteiger charge is 2.38. The molecule has 3 rings (SSSR count). The molecule has 5 heteroatoms. The summed E-state index contributed by atoms with van der Waals surface area (Å²) in [5, 5.41) is 8.93. The third-order valence-corrected chi connectivity index (χ3v) is 5.60. The molecule has 27 heavy (non-hydrogen) atoms. The van der Waals surface area contributed by atoms with Gasteiger partial charge in [0.05, 0.1) is 11.1 Å². The molecule has 142 valence electrons. The zero-order chi connectivity index (χ0) is 20.0. The van der Waals surface area contributed by atoms with E-state index >= 15 is 0 Å². The van der Waals surface area contributed by atoms with Crippen LogP contribution in [0.25, 0.3) is 0 Å². The molecule has 0 aliphatic heterocycles. The van der Waals surface area contributed by atoms with Gasteiger partial charge in [-0.2, -0.15) is 0 Å². The number of carbonyl (C=O) groups excluding carboxylic acids is 1. The Hall–Kier alpha value is -2.69. The third-order valence-electron chi connectivity index (χ3n) is 5.60. The molecule has 0 saturated heterocycles. The maximum absolute atomic E-state index is 12.7. The standard InChI is InChI=1S/C22H25NO4/c1-13-10-16-17(22(4,5)9-8-21(16,2)3)11-15(13)20(26)27-18-7-6-14(12-23-18)19(24)25/h6-7,10-12H,8-9H2,1-5H3,(H,24,25). The minimum Gasteiger partial charge on any atom is -0.478 e. The molecule has 0 radical (unpaired) electrons. The number of esters is 1. The van der Waals surface area contributed by atoms with Crippen LogP contribution >= 0.6 is 0 Å². The van der Waals surface area contributed by atoms with E-state index in [1.54, 1.807) is 0 Å². The van der Waals surface area contributed by atoms with E-state index < -0.39 is 11.9 Å². The van der Waals surface area contributed by atoms with E-state index in [-0.39, 0.29) is 22.3 Å². The predicted molar refractivity (Wildman–Crippen MR) is 103 cm³/mol. The summed E-state index contributed by atoms with van der Waals surface area (Å²) in [5.74, 6) is -1.47. The quantitative estimate of drug-likeness (QED) is 0.799. The van der Waals surface area contributed by atoms with Crippen LogP contribution in [-0.4, -0.2) is 22.0 Å². The number of benzene rings is 1. The molecule has 0 fully saturated rings. The van der Waals surface area contributed by atoms with Crippen LogP contribution in [0.1, 0.15) is 77.9 Å². The highest BCUT2D eigenvalue weighted by atomic mass is 16.5. The number of hydrogen-bond donors (Lipinski definition) is 1. The first-order valence-corrected chi connectivity index (χ1v) is 9.08. The van der Waals surface area contributed by atoms with E-state index in [1.165, 1.54) is 29.5 Å². The number of carboxylic acids is 1. The summed E-state index contributed by atoms with van der Waals surface area (Å²) < 4.78 is 5.38. The van der Waals surface area contributed by atoms with Crippen molar-refractivity contribution in [3.8, 4) is 5.88 Å². The van der Waals surface area contributed by atoms with Crippen molar-refractivity contribution in [2.75, 3.05) is 0 Å². The Morgan fingerprint density at radius 2 is 1.63 bits per heavy atom. The molecule has 0 saturated carbocycles. The van der Waals surface area contributed by atoms with Crippen molar-refractivity contribution in [1.29, 1.82) is 0 Å². The van der Waals surface area contributed by atoms with Gasteiger partial charge in [-0.3, -0.25) is 0 Å². The van der Waals surface area contributed by atoms with Crippen LogP contribution in [0.3, 0.4) is 0 Å². The van der Waals surface area contributed by atoms with Crippen LogP contribution in [0.4, 0.5) is 0 Å². The highest BCUT2D eigenvalue weighted by molar-refractivity contribution is 5.93. The Balaban J connectivity index is 1.95. The number of rotatable bonds is 3. The lowest BCUT2D eigenvalue weighted by atomic mass is 9.62. The molecule has 0 spiro atoms. The average molecular weight is 367 g/mol. The highest BCUT2D eigenvalue weighted by Crippen LogP contribution is 2.46. The number of carboxylic acid groups (broad SMARTS) is 1. The Labute approximate surface area is 159 Å². The molecule has 2 aromatic rings. The summed E-state index contributed by atoms with van der Waals surface area (Å²) in [4.78, 5) is 27.5. The maximum atomic E-state index is 12.7. The normalized spacial score (nSPS) is 17.1. The van der Waals surface area contributed by atoms with Gasteiger partial charge < -0.3 is 9.84 Å². The van der Waals surface area contributed by atoms with Crippen LogP contribution in [0, 0.1) is 6.92 Å². The summed E-state index contributed by atoms with van der Waals surface area (Å²) in [6.07, 6.45) is 3.34. The monoisotopic (exact) mass is 367 g/mol. The van der Waals surface area contributed by atoms with E-state index in [2.05, 4.69) is 38.7 Å². The van der Waals surface area contributed by atoms with Crippen molar-refractivity contribution >= 4 is 11.9 Å². The van der Waals surface area contributed by atoms with E-state index in [9.17, 15) is 9.59 Å². The average Bonchev–Trinajstić information content (AvgIpc) is 2.59. The van der Waals surface area contributed by atoms with Crippen LogP contribution in [0.5, 0.6) is 5.88 Å². The Morgan fingerprint density at radius 1 is 1.04 bits per heavy atom. The van der Waals surface area contributed by atoms with Crippen LogP contribution in [-0.2, 0) is 10.8 Å². The van der Waals surface area contributed by atoms with Crippen molar-refractivity contribution in [3.05, 3.63) is 58.3 Å². The zero-order valence-electron chi connectivity index (χ0n) is 16.4. The molecule has 1 aromatic heterocycles. The van der Waals surface area contributed by atoms with E-state index in [1.807, 2.05) is 13.0 Å². The van der Waals surface area contributed by atoms with Crippen LogP contribution < -0.4 is 4.74 Å². The first kappa shape index (κ1) is 19.1. The van der Waals surface area contributed by atoms with Crippen molar-refractivity contribution < 1.29 is 19.4 Å². The van der Waals surface area contributed by atoms with Crippen LogP contribution in [0.15, 0.2) is 30.5 Å². The maximum Gasteiger partial charge on any atom is 0.345 e. The molecule has 1 N–H and O–H groups in total. The lowest BCUT2D eigenvalue weighted by Crippen LogP contribution is -2.34. The van der Waals surface area contributed by atoms with Crippen molar-refractivity contribution in [2.45, 2.75) is 58.3 Å². The second kappa shape index (κ2) is 6.48. The van der Waals surface area contributed by atoms with Crippen molar-refractivity contribution in [3.63, 3.8) is 0 Å². The Morgan fingerprint density at radius 3 is 2.15 bits per heavy atom. The fourth-order valence-corrected chi connectivity index (χ4v) is 3.66. The Bertz CT molecular complexity index is 911. The zero-order valence-corrected chi connectivity index (χ0v) is 16.4. The van der Waals surface area contributed by atoms with E-state index in [4.69, 9.17) is 9.84 Å². The second-order valence-corrected chi connectivity index (χ2v) is 8.56. The van der Waals surface area contributed by atoms with Gasteiger partial charge in [-0.1, -0.05) is 33.8 Å². The minimum absolute atomic E-state index is 0.00499. The molecule has 0 atom stereocenters. The number of aromatic carboxylic acids is 1. The summed E-state index contributed by atoms with van der Waals surface area (Å²) in [6, 6.07) is 6.82. The minimum atomic E-state index is -1.07. The predicted octanol–water partition coefficient (Wildman–Crippen LogP) is 4.66. The lowest BCUT2D eigenvalue weighted by molar-refractivity contribution is 0.0696. The molecular formula is C22H25NO4. The van der Waals surface area contributed by atoms with Crippen LogP contribution in [0.2, 0.25) is 0 Å². The number of aryl methyl sites for hydroxylation is 1. The number of fused-ring (bicyclic) bond motifs is 1. The number of carbonyl (C=O) groups is 2. The molecule has 1 aliphatic carbocycles. The van der Waals surface area contributed by atoms with Gasteiger partial charge >= 0.3 is 11.9 Å². The SMILES string of the molecule is Cc1cc2c(cc1C(=O)Oc1ccc(C(=O)O)cn1)C(C)(C)CCC2(C)C. The van der Waals surface area contributed by atoms with Gasteiger partial charge in [-0.25, -0.2) is 14.6 Å². The summed E-state index contributed by atoms with van der Waals surface area (Å²) >= 11 is 0. The van der Waals surface area contributed by atoms with Gasteiger partial charge in [-0.05, 0) is 59.4 Å². The van der Waals surface area contributed by atoms with Gasteiger partial charge in [0.2, 0.25) is 5.88 Å². The van der Waals surface area contributed by atoms with Gasteiger partial charge in [-0.15, -0.1) is 0 Å². The summed E-state index contributed by atoms with van der Waals surface area (Å²) in [6.45, 7) is 10.8. The number of ether oxygens (including phenoxy) is 1. The third kappa shape index (κ3) is 3.59. The number of hydrogen-bond acceptors (Lipinski definition) is 4. The smallest absolute Gasteiger partial charge is 0.345 e. The van der Waals surface area contributed by atoms with Crippen molar-refractivity contribution in [2.24, 2.45) is 0 Å². The molecule has 0 unspecified atom stereocenters. The topological polar surface area (TPSA) is 76.5 Å². The van der Waals surface area contributed by atoms with Gasteiger partial charge in [0, 0.05) is 12.3 Å². The van der Waals surface area contributed by atoms with Crippen molar-refractivity contribution in [1.82, 2.24) is 4.98 Å². The Kier molecular flexibility index (Phi) is 4.58. The first-order chi connectivity index (χ1) is 12.5. The fourth-order valence-electron chi connectivity index (χ4n) is 3.66. The molecule has 0 bridgehead atoms. The second-order valence-electron chi connectivity index (χ2n) is 8.56. The first-order valence-electron chi connectivity index (χ1n) is 9.08. The van der Waals surface area contributed by atoms with Gasteiger partial charge in [0.25, 0.3) is 0 Å². The molecule has 0 amide bonds. The number of aromatic nitrogens is 1.